The first-order valence-electron chi connectivity index (χ1n) is 10.4. The molecule has 7 heteroatoms. The molecule has 0 aliphatic carbocycles. The summed E-state index contributed by atoms with van der Waals surface area (Å²) >= 11 is 0. The van der Waals surface area contributed by atoms with Gasteiger partial charge in [0.1, 0.15) is 18.2 Å². The Hall–Kier alpha value is -2.83. The van der Waals surface area contributed by atoms with Gasteiger partial charge in [-0.3, -0.25) is 9.59 Å². The second-order valence-corrected chi connectivity index (χ2v) is 9.75. The Morgan fingerprint density at radius 2 is 1.61 bits per heavy atom. The number of amides is 3. The van der Waals surface area contributed by atoms with Crippen molar-refractivity contribution >= 4 is 17.9 Å². The lowest BCUT2D eigenvalue weighted by atomic mass is 9.98. The van der Waals surface area contributed by atoms with E-state index in [2.05, 4.69) is 17.2 Å². The first-order chi connectivity index (χ1) is 14.1. The van der Waals surface area contributed by atoms with E-state index in [1.54, 1.807) is 26.8 Å². The summed E-state index contributed by atoms with van der Waals surface area (Å²) in [5.74, 6) is -0.719. The molecule has 3 amide bonds. The molecule has 0 spiro atoms. The summed E-state index contributed by atoms with van der Waals surface area (Å²) in [5.41, 5.74) is 1.52. The van der Waals surface area contributed by atoms with Crippen LogP contribution < -0.4 is 10.6 Å². The summed E-state index contributed by atoms with van der Waals surface area (Å²) < 4.78 is 5.20. The summed E-state index contributed by atoms with van der Waals surface area (Å²) in [7, 11) is 0. The fourth-order valence-electron chi connectivity index (χ4n) is 3.13. The van der Waals surface area contributed by atoms with Crippen LogP contribution in [0.1, 0.15) is 64.3 Å². The molecule has 0 heterocycles. The van der Waals surface area contributed by atoms with E-state index >= 15 is 0 Å². The highest BCUT2D eigenvalue weighted by atomic mass is 16.6. The summed E-state index contributed by atoms with van der Waals surface area (Å²) in [6.45, 7) is 18.3. The monoisotopic (exact) mass is 431 g/mol. The van der Waals surface area contributed by atoms with E-state index < -0.39 is 29.2 Å². The van der Waals surface area contributed by atoms with Crippen LogP contribution in [0.15, 0.2) is 30.9 Å². The van der Waals surface area contributed by atoms with Gasteiger partial charge in [-0.05, 0) is 61.0 Å². The molecule has 0 saturated carbocycles. The maximum Gasteiger partial charge on any atom is 0.408 e. The Labute approximate surface area is 186 Å². The van der Waals surface area contributed by atoms with Gasteiger partial charge in [0.2, 0.25) is 11.8 Å². The molecule has 1 aromatic rings. The number of rotatable bonds is 7. The number of nitrogens with zero attached hydrogens (tertiary/aromatic N) is 1. The number of hydrogen-bond acceptors (Lipinski definition) is 4. The van der Waals surface area contributed by atoms with Gasteiger partial charge in [-0.1, -0.05) is 35.4 Å². The Morgan fingerprint density at radius 3 is 2.06 bits per heavy atom. The average molecular weight is 432 g/mol. The van der Waals surface area contributed by atoms with E-state index in [9.17, 15) is 14.4 Å². The van der Waals surface area contributed by atoms with Crippen molar-refractivity contribution in [2.75, 3.05) is 13.1 Å². The van der Waals surface area contributed by atoms with Crippen LogP contribution in [0.2, 0.25) is 0 Å². The Bertz CT molecular complexity index is 799. The minimum atomic E-state index is -0.872. The maximum absolute atomic E-state index is 13.3. The highest BCUT2D eigenvalue weighted by Crippen LogP contribution is 2.25. The lowest BCUT2D eigenvalue weighted by Crippen LogP contribution is -2.51. The van der Waals surface area contributed by atoms with Gasteiger partial charge in [-0.25, -0.2) is 4.79 Å². The van der Waals surface area contributed by atoms with Crippen LogP contribution in [0, 0.1) is 13.8 Å². The van der Waals surface area contributed by atoms with Crippen LogP contribution in [0.3, 0.4) is 0 Å². The molecule has 2 N–H and O–H groups in total. The third kappa shape index (κ3) is 9.24. The normalized spacial score (nSPS) is 12.5. The molecule has 1 atom stereocenters. The van der Waals surface area contributed by atoms with Gasteiger partial charge < -0.3 is 20.3 Å². The van der Waals surface area contributed by atoms with E-state index in [0.717, 1.165) is 11.1 Å². The molecule has 7 nitrogen and oxygen atoms in total. The van der Waals surface area contributed by atoms with Crippen molar-refractivity contribution in [1.29, 1.82) is 0 Å². The van der Waals surface area contributed by atoms with Gasteiger partial charge in [-0.2, -0.15) is 0 Å². The third-order valence-electron chi connectivity index (χ3n) is 4.05. The molecular weight excluding hydrogens is 394 g/mol. The number of carbonyl (C=O) groups is 3. The number of aryl methyl sites for hydroxylation is 2. The van der Waals surface area contributed by atoms with Crippen LogP contribution in [-0.2, 0) is 14.3 Å². The standard InChI is InChI=1S/C24H37N3O4/c1-10-11-27(19(28)15-25-22(30)31-24(7,8)9)20(21(29)26-23(4,5)6)18-13-16(2)12-17(3)14-18/h10,12-14,20H,1,11,15H2,2-9H3,(H,25,30)(H,26,29). The fourth-order valence-corrected chi connectivity index (χ4v) is 3.13. The van der Waals surface area contributed by atoms with Gasteiger partial charge in [0, 0.05) is 12.1 Å². The van der Waals surface area contributed by atoms with Gasteiger partial charge in [-0.15, -0.1) is 6.58 Å². The summed E-state index contributed by atoms with van der Waals surface area (Å²) in [5, 5.41) is 5.44. The van der Waals surface area contributed by atoms with Crippen molar-refractivity contribution in [3.8, 4) is 0 Å². The zero-order valence-corrected chi connectivity index (χ0v) is 20.1. The number of carbonyl (C=O) groups excluding carboxylic acids is 3. The zero-order chi connectivity index (χ0) is 24.0. The predicted molar refractivity (Wildman–Crippen MR) is 123 cm³/mol. The molecule has 172 valence electrons. The van der Waals surface area contributed by atoms with Gasteiger partial charge >= 0.3 is 6.09 Å². The smallest absolute Gasteiger partial charge is 0.408 e. The number of nitrogens with one attached hydrogen (secondary N) is 2. The van der Waals surface area contributed by atoms with Crippen LogP contribution in [0.5, 0.6) is 0 Å². The number of hydrogen-bond donors (Lipinski definition) is 2. The van der Waals surface area contributed by atoms with Crippen LogP contribution in [0.25, 0.3) is 0 Å². The predicted octanol–water partition coefficient (Wildman–Crippen LogP) is 3.80. The number of ether oxygens (including phenoxy) is 1. The van der Waals surface area contributed by atoms with Crippen molar-refractivity contribution in [3.63, 3.8) is 0 Å². The molecule has 0 aromatic heterocycles. The number of benzene rings is 1. The van der Waals surface area contributed by atoms with E-state index in [1.165, 1.54) is 4.90 Å². The lowest BCUT2D eigenvalue weighted by molar-refractivity contribution is -0.140. The third-order valence-corrected chi connectivity index (χ3v) is 4.05. The molecular formula is C24H37N3O4. The van der Waals surface area contributed by atoms with Crippen LogP contribution in [0.4, 0.5) is 4.79 Å². The van der Waals surface area contributed by atoms with Crippen molar-refractivity contribution in [2.24, 2.45) is 0 Å². The lowest BCUT2D eigenvalue weighted by Gasteiger charge is -2.33. The summed E-state index contributed by atoms with van der Waals surface area (Å²) in [6, 6.07) is 4.92. The topological polar surface area (TPSA) is 87.7 Å². The van der Waals surface area contributed by atoms with Gasteiger partial charge in [0.05, 0.1) is 0 Å². The molecule has 0 fully saturated rings. The molecule has 0 saturated heterocycles. The Kier molecular flexibility index (Phi) is 8.85. The first kappa shape index (κ1) is 26.2. The van der Waals surface area contributed by atoms with Crippen LogP contribution in [-0.4, -0.2) is 47.0 Å². The van der Waals surface area contributed by atoms with E-state index in [-0.39, 0.29) is 19.0 Å². The SMILES string of the molecule is C=CCN(C(=O)CNC(=O)OC(C)(C)C)C(C(=O)NC(C)(C)C)c1cc(C)cc(C)c1. The molecule has 0 aliphatic rings. The van der Waals surface area contributed by atoms with Crippen LogP contribution >= 0.6 is 0 Å². The summed E-state index contributed by atoms with van der Waals surface area (Å²) in [4.78, 5) is 39.8. The van der Waals surface area contributed by atoms with E-state index in [4.69, 9.17) is 4.74 Å². The molecule has 1 unspecified atom stereocenters. The van der Waals surface area contributed by atoms with Crippen molar-refractivity contribution < 1.29 is 19.1 Å². The minimum Gasteiger partial charge on any atom is -0.444 e. The molecule has 0 aliphatic heterocycles. The molecule has 1 aromatic carbocycles. The Morgan fingerprint density at radius 1 is 1.06 bits per heavy atom. The highest BCUT2D eigenvalue weighted by molar-refractivity contribution is 5.91. The first-order valence-corrected chi connectivity index (χ1v) is 10.4. The van der Waals surface area contributed by atoms with Gasteiger partial charge in [0.15, 0.2) is 0 Å². The van der Waals surface area contributed by atoms with Crippen molar-refractivity contribution in [3.05, 3.63) is 47.5 Å². The fraction of sp³-hybridized carbons (Fsp3) is 0.542. The minimum absolute atomic E-state index is 0.143. The molecule has 0 bridgehead atoms. The molecule has 31 heavy (non-hydrogen) atoms. The average Bonchev–Trinajstić information content (AvgIpc) is 2.55. The maximum atomic E-state index is 13.3. The van der Waals surface area contributed by atoms with E-state index in [0.29, 0.717) is 5.56 Å². The summed E-state index contributed by atoms with van der Waals surface area (Å²) in [6.07, 6.45) is 0.868. The number of alkyl carbamates (subject to hydrolysis) is 1. The molecule has 0 radical (unpaired) electrons. The Balaban J connectivity index is 3.25. The zero-order valence-electron chi connectivity index (χ0n) is 20.1. The molecule has 1 rings (SSSR count). The highest BCUT2D eigenvalue weighted by Gasteiger charge is 2.33. The van der Waals surface area contributed by atoms with Crippen molar-refractivity contribution in [1.82, 2.24) is 15.5 Å². The quantitative estimate of drug-likeness (QED) is 0.643. The van der Waals surface area contributed by atoms with E-state index in [1.807, 2.05) is 52.8 Å². The second-order valence-electron chi connectivity index (χ2n) is 9.75. The van der Waals surface area contributed by atoms with Crippen molar-refractivity contribution in [2.45, 2.75) is 72.6 Å². The largest absolute Gasteiger partial charge is 0.444 e. The second kappa shape index (κ2) is 10.5. The van der Waals surface area contributed by atoms with Gasteiger partial charge in [0.25, 0.3) is 0 Å².